The maximum atomic E-state index is 5.82. The van der Waals surface area contributed by atoms with Gasteiger partial charge in [-0.15, -0.1) is 10.2 Å². The van der Waals surface area contributed by atoms with Gasteiger partial charge < -0.3 is 8.83 Å². The predicted molar refractivity (Wildman–Crippen MR) is 85.6 cm³/mol. The summed E-state index contributed by atoms with van der Waals surface area (Å²) in [6, 6.07) is 8.14. The Morgan fingerprint density at radius 2 is 1.87 bits per heavy atom. The van der Waals surface area contributed by atoms with Crippen molar-refractivity contribution >= 4 is 0 Å². The monoisotopic (exact) mass is 312 g/mol. The Kier molecular flexibility index (Phi) is 4.25. The van der Waals surface area contributed by atoms with E-state index < -0.39 is 0 Å². The summed E-state index contributed by atoms with van der Waals surface area (Å²) in [5, 5.41) is 7.85. The Labute approximate surface area is 135 Å². The van der Waals surface area contributed by atoms with E-state index >= 15 is 0 Å². The zero-order valence-electron chi connectivity index (χ0n) is 13.8. The molecule has 0 radical (unpaired) electrons. The first kappa shape index (κ1) is 15.4. The summed E-state index contributed by atoms with van der Waals surface area (Å²) in [6.07, 6.45) is 0. The molecule has 0 amide bonds. The Morgan fingerprint density at radius 3 is 2.57 bits per heavy atom. The minimum atomic E-state index is 0.576. The van der Waals surface area contributed by atoms with Crippen molar-refractivity contribution in [3.8, 4) is 11.5 Å². The number of aromatic nitrogens is 3. The molecule has 0 unspecified atom stereocenters. The first-order chi connectivity index (χ1) is 11.0. The zero-order chi connectivity index (χ0) is 16.4. The lowest BCUT2D eigenvalue weighted by atomic mass is 10.1. The van der Waals surface area contributed by atoms with Crippen LogP contribution in [-0.4, -0.2) is 27.1 Å². The van der Waals surface area contributed by atoms with Crippen LogP contribution < -0.4 is 0 Å². The van der Waals surface area contributed by atoms with E-state index in [1.54, 1.807) is 6.92 Å². The lowest BCUT2D eigenvalue weighted by molar-refractivity contribution is 0.275. The fourth-order valence-electron chi connectivity index (χ4n) is 2.42. The third-order valence-corrected chi connectivity index (χ3v) is 3.55. The molecular weight excluding hydrogens is 292 g/mol. The summed E-state index contributed by atoms with van der Waals surface area (Å²) in [4.78, 5) is 6.70. The van der Waals surface area contributed by atoms with Gasteiger partial charge in [-0.1, -0.05) is 17.7 Å². The average Bonchev–Trinajstić information content (AvgIpc) is 3.06. The lowest BCUT2D eigenvalue weighted by Crippen LogP contribution is -2.18. The van der Waals surface area contributed by atoms with Crippen molar-refractivity contribution in [3.63, 3.8) is 0 Å². The highest BCUT2D eigenvalue weighted by molar-refractivity contribution is 5.54. The van der Waals surface area contributed by atoms with Gasteiger partial charge in [-0.3, -0.25) is 4.90 Å². The summed E-state index contributed by atoms with van der Waals surface area (Å²) < 4.78 is 11.2. The first-order valence-electron chi connectivity index (χ1n) is 7.52. The van der Waals surface area contributed by atoms with E-state index in [0.717, 1.165) is 17.0 Å². The predicted octanol–water partition coefficient (Wildman–Crippen LogP) is 3.28. The van der Waals surface area contributed by atoms with E-state index in [0.29, 0.717) is 30.8 Å². The van der Waals surface area contributed by atoms with Crippen molar-refractivity contribution < 1.29 is 8.83 Å². The third kappa shape index (κ3) is 3.65. The molecule has 2 aromatic heterocycles. The van der Waals surface area contributed by atoms with E-state index in [9.17, 15) is 0 Å². The quantitative estimate of drug-likeness (QED) is 0.720. The van der Waals surface area contributed by atoms with Crippen LogP contribution in [0.5, 0.6) is 0 Å². The Bertz CT molecular complexity index is 807. The molecule has 23 heavy (non-hydrogen) atoms. The molecule has 0 N–H and O–H groups in total. The van der Waals surface area contributed by atoms with Gasteiger partial charge in [0.05, 0.1) is 12.2 Å². The minimum absolute atomic E-state index is 0.576. The van der Waals surface area contributed by atoms with Crippen LogP contribution in [0.3, 0.4) is 0 Å². The van der Waals surface area contributed by atoms with Crippen LogP contribution in [0.2, 0.25) is 0 Å². The fraction of sp³-hybridized carbons (Fsp3) is 0.353. The van der Waals surface area contributed by atoms with Crippen molar-refractivity contribution in [2.24, 2.45) is 0 Å². The third-order valence-electron chi connectivity index (χ3n) is 3.55. The fourth-order valence-corrected chi connectivity index (χ4v) is 2.42. The highest BCUT2D eigenvalue weighted by atomic mass is 16.4. The maximum Gasteiger partial charge on any atom is 0.230 e. The first-order valence-corrected chi connectivity index (χ1v) is 7.52. The molecular formula is C17H20N4O2. The molecule has 6 heteroatoms. The Hall–Kier alpha value is -2.47. The number of hydrogen-bond donors (Lipinski definition) is 0. The van der Waals surface area contributed by atoms with Gasteiger partial charge in [-0.05, 0) is 33.0 Å². The Balaban J connectivity index is 1.73. The van der Waals surface area contributed by atoms with Crippen LogP contribution in [0.15, 0.2) is 33.1 Å². The highest BCUT2D eigenvalue weighted by Gasteiger charge is 2.15. The normalized spacial score (nSPS) is 11.3. The summed E-state index contributed by atoms with van der Waals surface area (Å²) in [5.41, 5.74) is 3.10. The molecule has 0 atom stereocenters. The van der Waals surface area contributed by atoms with Gasteiger partial charge in [-0.2, -0.15) is 0 Å². The molecule has 0 spiro atoms. The average molecular weight is 312 g/mol. The van der Waals surface area contributed by atoms with Gasteiger partial charge in [0.25, 0.3) is 0 Å². The molecule has 0 saturated heterocycles. The maximum absolute atomic E-state index is 5.82. The standard InChI is InChI=1S/C17H20N4O2/c1-11-6-5-7-14(8-11)17-18-15(12(2)22-17)9-21(4)10-16-20-19-13(3)23-16/h5-8H,9-10H2,1-4H3. The molecule has 0 bridgehead atoms. The van der Waals surface area contributed by atoms with Gasteiger partial charge in [0, 0.05) is 19.0 Å². The van der Waals surface area contributed by atoms with E-state index in [-0.39, 0.29) is 0 Å². The van der Waals surface area contributed by atoms with Crippen LogP contribution in [0.25, 0.3) is 11.5 Å². The van der Waals surface area contributed by atoms with Crippen LogP contribution in [-0.2, 0) is 13.1 Å². The van der Waals surface area contributed by atoms with E-state index in [1.165, 1.54) is 5.56 Å². The molecule has 0 fully saturated rings. The topological polar surface area (TPSA) is 68.2 Å². The van der Waals surface area contributed by atoms with E-state index in [1.807, 2.05) is 26.1 Å². The van der Waals surface area contributed by atoms with Gasteiger partial charge in [0.2, 0.25) is 17.7 Å². The molecule has 2 heterocycles. The molecule has 0 aliphatic rings. The van der Waals surface area contributed by atoms with Crippen molar-refractivity contribution in [3.05, 3.63) is 53.1 Å². The van der Waals surface area contributed by atoms with Crippen molar-refractivity contribution in [1.29, 1.82) is 0 Å². The van der Waals surface area contributed by atoms with Crippen LogP contribution >= 0.6 is 0 Å². The summed E-state index contributed by atoms with van der Waals surface area (Å²) in [7, 11) is 1.99. The van der Waals surface area contributed by atoms with Crippen molar-refractivity contribution in [1.82, 2.24) is 20.1 Å². The van der Waals surface area contributed by atoms with Crippen LogP contribution in [0.1, 0.15) is 28.8 Å². The SMILES string of the molecule is Cc1cccc(-c2nc(CN(C)Cc3nnc(C)o3)c(C)o2)c1. The molecule has 1 aromatic carbocycles. The molecule has 0 aliphatic carbocycles. The number of benzene rings is 1. The van der Waals surface area contributed by atoms with E-state index in [2.05, 4.69) is 39.1 Å². The molecule has 6 nitrogen and oxygen atoms in total. The number of hydrogen-bond acceptors (Lipinski definition) is 6. The van der Waals surface area contributed by atoms with Gasteiger partial charge in [0.1, 0.15) is 5.76 Å². The summed E-state index contributed by atoms with van der Waals surface area (Å²) in [6.45, 7) is 7.01. The molecule has 3 rings (SSSR count). The largest absolute Gasteiger partial charge is 0.441 e. The second kappa shape index (κ2) is 6.34. The number of nitrogens with zero attached hydrogens (tertiary/aromatic N) is 4. The summed E-state index contributed by atoms with van der Waals surface area (Å²) >= 11 is 0. The smallest absolute Gasteiger partial charge is 0.230 e. The van der Waals surface area contributed by atoms with Gasteiger partial charge in [-0.25, -0.2) is 4.98 Å². The molecule has 0 aliphatic heterocycles. The van der Waals surface area contributed by atoms with Crippen molar-refractivity contribution in [2.45, 2.75) is 33.9 Å². The highest BCUT2D eigenvalue weighted by Crippen LogP contribution is 2.23. The van der Waals surface area contributed by atoms with Crippen LogP contribution in [0, 0.1) is 20.8 Å². The number of aryl methyl sites for hydroxylation is 3. The number of rotatable bonds is 5. The lowest BCUT2D eigenvalue weighted by Gasteiger charge is -2.12. The number of oxazole rings is 1. The van der Waals surface area contributed by atoms with E-state index in [4.69, 9.17) is 8.83 Å². The zero-order valence-corrected chi connectivity index (χ0v) is 13.8. The minimum Gasteiger partial charge on any atom is -0.441 e. The van der Waals surface area contributed by atoms with Gasteiger partial charge in [0.15, 0.2) is 0 Å². The van der Waals surface area contributed by atoms with Crippen molar-refractivity contribution in [2.75, 3.05) is 7.05 Å². The van der Waals surface area contributed by atoms with Crippen LogP contribution in [0.4, 0.5) is 0 Å². The Morgan fingerprint density at radius 1 is 1.04 bits per heavy atom. The second-order valence-corrected chi connectivity index (χ2v) is 5.78. The van der Waals surface area contributed by atoms with Gasteiger partial charge >= 0.3 is 0 Å². The second-order valence-electron chi connectivity index (χ2n) is 5.78. The molecule has 3 aromatic rings. The summed E-state index contributed by atoms with van der Waals surface area (Å²) in [5.74, 6) is 2.66. The molecule has 120 valence electrons. The molecule has 0 saturated carbocycles.